The lowest BCUT2D eigenvalue weighted by Gasteiger charge is -2.03. The maximum Gasteiger partial charge on any atom is 0.437 e. The molecular weight excluding hydrogens is 164 g/mol. The molecule has 11 heavy (non-hydrogen) atoms. The molecule has 0 N–H and O–H groups in total. The molecule has 1 heterocycles. The number of aromatic nitrogens is 2. The predicted octanol–water partition coefficient (Wildman–Crippen LogP) is 1.63. The SMILES string of the molecule is Fc1nccnc1C(F)(F)F. The third kappa shape index (κ3) is 1.63. The Morgan fingerprint density at radius 3 is 2.00 bits per heavy atom. The van der Waals surface area contributed by atoms with E-state index in [0.29, 0.717) is 0 Å². The van der Waals surface area contributed by atoms with Gasteiger partial charge in [-0.25, -0.2) is 9.97 Å². The van der Waals surface area contributed by atoms with E-state index in [1.807, 2.05) is 0 Å². The normalized spacial score (nSPS) is 11.6. The molecule has 1 aromatic heterocycles. The van der Waals surface area contributed by atoms with Crippen molar-refractivity contribution in [3.63, 3.8) is 0 Å². The fraction of sp³-hybridized carbons (Fsp3) is 0.200. The molecule has 60 valence electrons. The second-order valence-corrected chi connectivity index (χ2v) is 1.69. The topological polar surface area (TPSA) is 25.8 Å². The summed E-state index contributed by atoms with van der Waals surface area (Å²) >= 11 is 0. The average Bonchev–Trinajstić information content (AvgIpc) is 1.86. The van der Waals surface area contributed by atoms with Crippen molar-refractivity contribution in [2.45, 2.75) is 6.18 Å². The third-order valence-electron chi connectivity index (χ3n) is 0.922. The fourth-order valence-corrected chi connectivity index (χ4v) is 0.511. The van der Waals surface area contributed by atoms with E-state index in [1.54, 1.807) is 0 Å². The molecule has 0 aromatic carbocycles. The Kier molecular flexibility index (Phi) is 1.76. The Bertz CT molecular complexity index is 257. The summed E-state index contributed by atoms with van der Waals surface area (Å²) in [5.74, 6) is -1.60. The molecular formula is C5H2F4N2. The summed E-state index contributed by atoms with van der Waals surface area (Å²) in [6.45, 7) is 0. The number of nitrogens with zero attached hydrogens (tertiary/aromatic N) is 2. The highest BCUT2D eigenvalue weighted by atomic mass is 19.4. The highest BCUT2D eigenvalue weighted by molar-refractivity contribution is 5.01. The summed E-state index contributed by atoms with van der Waals surface area (Å²) in [6.07, 6.45) is -3.13. The van der Waals surface area contributed by atoms with Gasteiger partial charge in [0.15, 0.2) is 5.69 Å². The molecule has 0 saturated heterocycles. The van der Waals surface area contributed by atoms with Crippen LogP contribution in [0, 0.1) is 5.95 Å². The lowest BCUT2D eigenvalue weighted by Crippen LogP contribution is -2.11. The van der Waals surface area contributed by atoms with Crippen molar-refractivity contribution in [1.29, 1.82) is 0 Å². The predicted molar refractivity (Wildman–Crippen MR) is 27.0 cm³/mol. The van der Waals surface area contributed by atoms with E-state index in [4.69, 9.17) is 0 Å². The summed E-state index contributed by atoms with van der Waals surface area (Å²) in [4.78, 5) is 5.58. The van der Waals surface area contributed by atoms with E-state index in [2.05, 4.69) is 9.97 Å². The molecule has 0 unspecified atom stereocenters. The summed E-state index contributed by atoms with van der Waals surface area (Å²) in [5.41, 5.74) is -1.58. The van der Waals surface area contributed by atoms with Gasteiger partial charge in [-0.1, -0.05) is 0 Å². The molecule has 0 radical (unpaired) electrons. The lowest BCUT2D eigenvalue weighted by molar-refractivity contribution is -0.144. The highest BCUT2D eigenvalue weighted by Crippen LogP contribution is 2.27. The largest absolute Gasteiger partial charge is 0.437 e. The first kappa shape index (κ1) is 7.90. The molecule has 0 aliphatic heterocycles. The van der Waals surface area contributed by atoms with Gasteiger partial charge in [0.25, 0.3) is 0 Å². The Labute approximate surface area is 58.9 Å². The molecule has 0 aliphatic carbocycles. The zero-order valence-electron chi connectivity index (χ0n) is 5.06. The van der Waals surface area contributed by atoms with E-state index >= 15 is 0 Å². The van der Waals surface area contributed by atoms with Gasteiger partial charge >= 0.3 is 6.18 Å². The van der Waals surface area contributed by atoms with Gasteiger partial charge in [0.1, 0.15) is 0 Å². The van der Waals surface area contributed by atoms with Crippen LogP contribution in [0.1, 0.15) is 5.69 Å². The van der Waals surface area contributed by atoms with E-state index < -0.39 is 17.8 Å². The van der Waals surface area contributed by atoms with Crippen molar-refractivity contribution in [3.8, 4) is 0 Å². The van der Waals surface area contributed by atoms with Gasteiger partial charge in [-0.05, 0) is 0 Å². The van der Waals surface area contributed by atoms with Crippen molar-refractivity contribution in [2.24, 2.45) is 0 Å². The molecule has 0 fully saturated rings. The Balaban J connectivity index is 3.14. The second-order valence-electron chi connectivity index (χ2n) is 1.69. The standard InChI is InChI=1S/C5H2F4N2/c6-4-3(5(7,8)9)10-1-2-11-4/h1-2H. The van der Waals surface area contributed by atoms with Crippen LogP contribution in [0.5, 0.6) is 0 Å². The molecule has 0 bridgehead atoms. The molecule has 0 saturated carbocycles. The molecule has 0 amide bonds. The first-order valence-electron chi connectivity index (χ1n) is 2.55. The lowest BCUT2D eigenvalue weighted by atomic mass is 10.4. The monoisotopic (exact) mass is 166 g/mol. The zero-order valence-corrected chi connectivity index (χ0v) is 5.06. The smallest absolute Gasteiger partial charge is 0.246 e. The van der Waals surface area contributed by atoms with Crippen molar-refractivity contribution < 1.29 is 17.6 Å². The fourth-order valence-electron chi connectivity index (χ4n) is 0.511. The number of halogens is 4. The highest BCUT2D eigenvalue weighted by Gasteiger charge is 2.36. The molecule has 0 aliphatic rings. The van der Waals surface area contributed by atoms with Crippen LogP contribution in [0.15, 0.2) is 12.4 Å². The van der Waals surface area contributed by atoms with Gasteiger partial charge in [-0.15, -0.1) is 0 Å². The molecule has 6 heteroatoms. The van der Waals surface area contributed by atoms with E-state index in [-0.39, 0.29) is 0 Å². The number of hydrogen-bond donors (Lipinski definition) is 0. The number of alkyl halides is 3. The molecule has 1 rings (SSSR count). The van der Waals surface area contributed by atoms with Crippen LogP contribution in [0.3, 0.4) is 0 Å². The van der Waals surface area contributed by atoms with Crippen LogP contribution in [0.2, 0.25) is 0 Å². The van der Waals surface area contributed by atoms with E-state index in [9.17, 15) is 17.6 Å². The van der Waals surface area contributed by atoms with E-state index in [0.717, 1.165) is 12.4 Å². The van der Waals surface area contributed by atoms with Gasteiger partial charge in [-0.3, -0.25) is 0 Å². The molecule has 0 atom stereocenters. The van der Waals surface area contributed by atoms with Gasteiger partial charge in [0, 0.05) is 12.4 Å². The molecule has 0 spiro atoms. The molecule has 1 aromatic rings. The minimum atomic E-state index is -4.77. The Hall–Kier alpha value is -1.20. The maximum atomic E-state index is 12.2. The second kappa shape index (κ2) is 2.44. The minimum absolute atomic E-state index is 0.784. The van der Waals surface area contributed by atoms with E-state index in [1.165, 1.54) is 0 Å². The first-order valence-corrected chi connectivity index (χ1v) is 2.55. The summed E-state index contributed by atoms with van der Waals surface area (Å²) < 4.78 is 47.3. The van der Waals surface area contributed by atoms with Crippen molar-refractivity contribution in [1.82, 2.24) is 9.97 Å². The third-order valence-corrected chi connectivity index (χ3v) is 0.922. The van der Waals surface area contributed by atoms with Crippen molar-refractivity contribution in [2.75, 3.05) is 0 Å². The Morgan fingerprint density at radius 2 is 1.64 bits per heavy atom. The number of hydrogen-bond acceptors (Lipinski definition) is 2. The average molecular weight is 166 g/mol. The van der Waals surface area contributed by atoms with Crippen LogP contribution in [-0.4, -0.2) is 9.97 Å². The minimum Gasteiger partial charge on any atom is -0.246 e. The zero-order chi connectivity index (χ0) is 8.48. The summed E-state index contributed by atoms with van der Waals surface area (Å²) in [7, 11) is 0. The van der Waals surface area contributed by atoms with Gasteiger partial charge < -0.3 is 0 Å². The van der Waals surface area contributed by atoms with Gasteiger partial charge in [-0.2, -0.15) is 17.6 Å². The summed E-state index contributed by atoms with van der Waals surface area (Å²) in [5, 5.41) is 0. The van der Waals surface area contributed by atoms with Crippen LogP contribution in [0.25, 0.3) is 0 Å². The number of rotatable bonds is 0. The van der Waals surface area contributed by atoms with Crippen LogP contribution in [-0.2, 0) is 6.18 Å². The van der Waals surface area contributed by atoms with Crippen LogP contribution < -0.4 is 0 Å². The van der Waals surface area contributed by atoms with Gasteiger partial charge in [0.05, 0.1) is 0 Å². The molecule has 2 nitrogen and oxygen atoms in total. The first-order chi connectivity index (χ1) is 5.02. The van der Waals surface area contributed by atoms with Crippen molar-refractivity contribution >= 4 is 0 Å². The quantitative estimate of drug-likeness (QED) is 0.547. The summed E-state index contributed by atoms with van der Waals surface area (Å²) in [6, 6.07) is 0. The Morgan fingerprint density at radius 1 is 1.09 bits per heavy atom. The van der Waals surface area contributed by atoms with Gasteiger partial charge in [0.2, 0.25) is 5.95 Å². The van der Waals surface area contributed by atoms with Crippen molar-refractivity contribution in [3.05, 3.63) is 24.0 Å². The van der Waals surface area contributed by atoms with Crippen LogP contribution in [0.4, 0.5) is 17.6 Å². The maximum absolute atomic E-state index is 12.2. The van der Waals surface area contributed by atoms with Crippen LogP contribution >= 0.6 is 0 Å².